The average molecular weight is 991 g/mol. The molecule has 0 spiro atoms. The predicted molar refractivity (Wildman–Crippen MR) is 309 cm³/mol. The van der Waals surface area contributed by atoms with Crippen LogP contribution in [0.25, 0.3) is 32.7 Å². The third-order valence-electron chi connectivity index (χ3n) is 12.5. The first-order valence-electron chi connectivity index (χ1n) is 24.3. The van der Waals surface area contributed by atoms with Gasteiger partial charge in [-0.2, -0.15) is 15.0 Å². The maximum Gasteiger partial charge on any atom is 0.232 e. The first kappa shape index (κ1) is 50.1. The summed E-state index contributed by atoms with van der Waals surface area (Å²) >= 11 is 0. The Morgan fingerprint density at radius 2 is 0.853 bits per heavy atom. The second-order valence-electron chi connectivity index (χ2n) is 17.4. The van der Waals surface area contributed by atoms with Crippen molar-refractivity contribution in [2.45, 2.75) is 13.8 Å². The Hall–Kier alpha value is -9.82. The maximum absolute atomic E-state index is 5.82. The minimum Gasteiger partial charge on any atom is -0.494 e. The number of methoxy groups -OCH3 is 2. The Bertz CT molecular complexity index is 3700. The molecule has 11 aromatic rings. The number of para-hydroxylation sites is 8. The van der Waals surface area contributed by atoms with Gasteiger partial charge in [0.05, 0.1) is 19.7 Å². The van der Waals surface area contributed by atoms with E-state index in [1.54, 1.807) is 14.2 Å². The molecule has 0 fully saturated rings. The third kappa shape index (κ3) is 11.5. The van der Waals surface area contributed by atoms with E-state index in [1.165, 1.54) is 0 Å². The zero-order chi connectivity index (χ0) is 52.3. The van der Waals surface area contributed by atoms with Crippen LogP contribution in [0, 0.1) is 13.8 Å². The monoisotopic (exact) mass is 990 g/mol. The number of nitrogens with two attached hydrogens (primary N) is 1. The molecule has 4 N–H and O–H groups in total. The van der Waals surface area contributed by atoms with Gasteiger partial charge in [0, 0.05) is 65.7 Å². The number of hydrogen-bond acceptors (Lipinski definition) is 14. The fourth-order valence-electron chi connectivity index (χ4n) is 8.43. The van der Waals surface area contributed by atoms with Crippen molar-refractivity contribution in [1.29, 1.82) is 0 Å². The number of benzene rings is 8. The molecule has 8 aromatic carbocycles. The van der Waals surface area contributed by atoms with E-state index in [-0.39, 0.29) is 5.95 Å². The van der Waals surface area contributed by atoms with Gasteiger partial charge in [-0.3, -0.25) is 0 Å². The predicted octanol–water partition coefficient (Wildman–Crippen LogP) is 13.9. The van der Waals surface area contributed by atoms with Crippen molar-refractivity contribution in [1.82, 2.24) is 29.9 Å². The van der Waals surface area contributed by atoms with Crippen LogP contribution in [-0.4, -0.2) is 65.3 Å². The molecule has 0 atom stereocenters. The van der Waals surface area contributed by atoms with Crippen LogP contribution >= 0.6 is 0 Å². The number of fused-ring (bicyclic) bond motifs is 3. The molecular weight excluding hydrogens is 933 g/mol. The molecule has 0 amide bonds. The van der Waals surface area contributed by atoms with Crippen LogP contribution in [-0.2, 0) is 0 Å². The molecule has 3 aromatic heterocycles. The number of aryl methyl sites for hydroxylation is 2. The molecule has 3 heterocycles. The van der Waals surface area contributed by atoms with Crippen molar-refractivity contribution in [3.8, 4) is 11.5 Å². The molecule has 0 saturated heterocycles. The molecule has 75 heavy (non-hydrogen) atoms. The molecular formula is C61H58N12O2. The number of hydrogen-bond donors (Lipinski definition) is 3. The van der Waals surface area contributed by atoms with Crippen molar-refractivity contribution in [3.05, 3.63) is 211 Å². The van der Waals surface area contributed by atoms with E-state index in [0.29, 0.717) is 29.0 Å². The molecule has 0 aliphatic rings. The minimum atomic E-state index is 0.211. The molecule has 0 aliphatic carbocycles. The van der Waals surface area contributed by atoms with Gasteiger partial charge in [-0.1, -0.05) is 115 Å². The number of rotatable bonds is 12. The highest BCUT2D eigenvalue weighted by Crippen LogP contribution is 2.36. The third-order valence-corrected chi connectivity index (χ3v) is 12.5. The van der Waals surface area contributed by atoms with Crippen LogP contribution < -0.4 is 40.5 Å². The van der Waals surface area contributed by atoms with Crippen molar-refractivity contribution in [2.24, 2.45) is 0 Å². The molecule has 0 aliphatic heterocycles. The lowest BCUT2D eigenvalue weighted by atomic mass is 10.2. The molecule has 11 rings (SSSR count). The molecule has 0 unspecified atom stereocenters. The lowest BCUT2D eigenvalue weighted by molar-refractivity contribution is 0.419. The lowest BCUT2D eigenvalue weighted by Crippen LogP contribution is -2.17. The maximum atomic E-state index is 5.82. The molecule has 374 valence electrons. The molecule has 0 radical (unpaired) electrons. The molecule has 14 heteroatoms. The van der Waals surface area contributed by atoms with Crippen molar-refractivity contribution in [2.75, 3.05) is 66.4 Å². The summed E-state index contributed by atoms with van der Waals surface area (Å²) in [5, 5.41) is 9.51. The molecule has 0 bridgehead atoms. The first-order chi connectivity index (χ1) is 36.6. The Labute approximate surface area is 437 Å². The Balaban J connectivity index is 0.000000139. The van der Waals surface area contributed by atoms with E-state index in [0.717, 1.165) is 84.1 Å². The van der Waals surface area contributed by atoms with Crippen molar-refractivity contribution in [3.63, 3.8) is 0 Å². The SMILES string of the molecule is CN(c1ccccc1)c1nc(N(C)c2ccccc2)c2ccccc2n1.COc1cccc2c(N(C)c3ccccc3)nc(Nc3ccccc3C)nc12.COc1cccc2c(Nc3ccccc3C)nc(N)nc12. The van der Waals surface area contributed by atoms with Gasteiger partial charge in [-0.25, -0.2) is 15.0 Å². The van der Waals surface area contributed by atoms with E-state index in [9.17, 15) is 0 Å². The summed E-state index contributed by atoms with van der Waals surface area (Å²) in [7, 11) is 9.31. The Morgan fingerprint density at radius 1 is 0.400 bits per heavy atom. The van der Waals surface area contributed by atoms with Crippen molar-refractivity contribution < 1.29 is 9.47 Å². The highest BCUT2D eigenvalue weighted by molar-refractivity contribution is 5.97. The summed E-state index contributed by atoms with van der Waals surface area (Å²) < 4.78 is 10.9. The van der Waals surface area contributed by atoms with Gasteiger partial charge in [0.25, 0.3) is 0 Å². The van der Waals surface area contributed by atoms with E-state index in [4.69, 9.17) is 35.1 Å². The van der Waals surface area contributed by atoms with E-state index >= 15 is 0 Å². The fraction of sp³-hybridized carbons (Fsp3) is 0.115. The summed E-state index contributed by atoms with van der Waals surface area (Å²) in [4.78, 5) is 34.0. The quantitative estimate of drug-likeness (QED) is 0.106. The number of ether oxygens (including phenoxy) is 2. The van der Waals surface area contributed by atoms with Crippen molar-refractivity contribution >= 4 is 96.4 Å². The number of nitrogens with one attached hydrogen (secondary N) is 2. The summed E-state index contributed by atoms with van der Waals surface area (Å²) in [6.07, 6.45) is 0. The van der Waals surface area contributed by atoms with Crippen LogP contribution in [0.3, 0.4) is 0 Å². The van der Waals surface area contributed by atoms with E-state index < -0.39 is 0 Å². The van der Waals surface area contributed by atoms with E-state index in [2.05, 4.69) is 85.9 Å². The second kappa shape index (κ2) is 23.2. The van der Waals surface area contributed by atoms with E-state index in [1.807, 2.05) is 185 Å². The normalized spacial score (nSPS) is 10.7. The van der Waals surface area contributed by atoms with Crippen LogP contribution in [0.1, 0.15) is 11.1 Å². The van der Waals surface area contributed by atoms with Crippen LogP contribution in [0.15, 0.2) is 200 Å². The van der Waals surface area contributed by atoms with Gasteiger partial charge in [0.15, 0.2) is 0 Å². The smallest absolute Gasteiger partial charge is 0.232 e. The summed E-state index contributed by atoms with van der Waals surface area (Å²) in [6, 6.07) is 66.4. The standard InChI is InChI=1S/C23H22N4O.C22H20N4.C16H16N4O/c1-16-10-7-8-14-19(16)24-23-25-21-18(13-9-15-20(21)28-3)22(26-23)27(2)17-11-5-4-6-12-17;1-25(17-11-5-3-6-12-17)21-19-15-9-10-16-20(19)23-22(24-21)26(2)18-13-7-4-8-14-18;1-10-6-3-4-8-12(10)18-15-11-7-5-9-13(21-2)14(11)19-16(17)20-15/h4-15H,1-3H3,(H,24,25,26);3-16H,1-2H3;3-9H,1-2H3,(H3,17,18,19,20). The number of nitrogens with zero attached hydrogens (tertiary/aromatic N) is 9. The van der Waals surface area contributed by atoms with Gasteiger partial charge in [0.2, 0.25) is 17.8 Å². The Morgan fingerprint density at radius 3 is 1.41 bits per heavy atom. The number of aromatic nitrogens is 6. The summed E-state index contributed by atoms with van der Waals surface area (Å²) in [5.41, 5.74) is 15.6. The van der Waals surface area contributed by atoms with Gasteiger partial charge in [0.1, 0.15) is 40.0 Å². The zero-order valence-corrected chi connectivity index (χ0v) is 43.0. The number of nitrogen functional groups attached to an aromatic ring is 1. The highest BCUT2D eigenvalue weighted by atomic mass is 16.5. The first-order valence-corrected chi connectivity index (χ1v) is 24.3. The summed E-state index contributed by atoms with van der Waals surface area (Å²) in [5.74, 6) is 5.18. The largest absolute Gasteiger partial charge is 0.494 e. The Kier molecular flexibility index (Phi) is 15.5. The lowest BCUT2D eigenvalue weighted by Gasteiger charge is -2.23. The average Bonchev–Trinajstić information content (AvgIpc) is 3.46. The zero-order valence-electron chi connectivity index (χ0n) is 43.0. The number of anilines is 11. The highest BCUT2D eigenvalue weighted by Gasteiger charge is 2.18. The van der Waals surface area contributed by atoms with Gasteiger partial charge >= 0.3 is 0 Å². The minimum absolute atomic E-state index is 0.211. The van der Waals surface area contributed by atoms with Gasteiger partial charge in [-0.05, 0) is 110 Å². The van der Waals surface area contributed by atoms with Crippen LogP contribution in [0.5, 0.6) is 11.5 Å². The van der Waals surface area contributed by atoms with Crippen LogP contribution in [0.4, 0.5) is 63.7 Å². The van der Waals surface area contributed by atoms with Gasteiger partial charge < -0.3 is 40.5 Å². The summed E-state index contributed by atoms with van der Waals surface area (Å²) in [6.45, 7) is 4.09. The molecule has 14 nitrogen and oxygen atoms in total. The molecule has 0 saturated carbocycles. The van der Waals surface area contributed by atoms with Gasteiger partial charge in [-0.15, -0.1) is 0 Å². The second-order valence-corrected chi connectivity index (χ2v) is 17.4. The fourth-order valence-corrected chi connectivity index (χ4v) is 8.43. The topological polar surface area (TPSA) is 156 Å². The van der Waals surface area contributed by atoms with Crippen LogP contribution in [0.2, 0.25) is 0 Å².